The van der Waals surface area contributed by atoms with Crippen molar-refractivity contribution < 1.29 is 18.1 Å². The van der Waals surface area contributed by atoms with Gasteiger partial charge in [0.2, 0.25) is 11.0 Å². The van der Waals surface area contributed by atoms with Gasteiger partial charge in [0.25, 0.3) is 6.43 Å². The number of hydrogen-bond donors (Lipinski definition) is 0. The molecule has 0 radical (unpaired) electrons. The summed E-state index contributed by atoms with van der Waals surface area (Å²) in [4.78, 5) is 12.1. The Balaban J connectivity index is 3.41. The first kappa shape index (κ1) is 10.7. The van der Waals surface area contributed by atoms with E-state index in [1.807, 2.05) is 0 Å². The van der Waals surface area contributed by atoms with Gasteiger partial charge in [0.1, 0.15) is 0 Å². The van der Waals surface area contributed by atoms with Gasteiger partial charge in [-0.3, -0.25) is 10.1 Å². The van der Waals surface area contributed by atoms with Gasteiger partial charge in [-0.2, -0.15) is 4.39 Å². The molecule has 0 amide bonds. The highest BCUT2D eigenvalue weighted by atomic mass is 35.5. The lowest BCUT2D eigenvalue weighted by Gasteiger charge is -2.01. The van der Waals surface area contributed by atoms with Crippen molar-refractivity contribution in [3.05, 3.63) is 32.8 Å². The minimum Gasteiger partial charge on any atom is -0.258 e. The SMILES string of the molecule is O=[N+]([O-])c1c(Cl)ncc(C(F)F)c1F. The van der Waals surface area contributed by atoms with Crippen molar-refractivity contribution in [2.24, 2.45) is 0 Å². The fraction of sp³-hybridized carbons (Fsp3) is 0.167. The predicted molar refractivity (Wildman–Crippen MR) is 40.8 cm³/mol. The standard InChI is InChI=1S/C6H2ClF3N2O2/c7-5-4(12(13)14)3(8)2(1-11-5)6(9)10/h1,6H. The number of nitrogens with zero attached hydrogens (tertiary/aromatic N) is 2. The van der Waals surface area contributed by atoms with E-state index in [2.05, 4.69) is 4.98 Å². The van der Waals surface area contributed by atoms with Crippen LogP contribution in [-0.2, 0) is 0 Å². The molecule has 8 heteroatoms. The molecule has 1 aromatic rings. The second-order valence-corrected chi connectivity index (χ2v) is 2.58. The molecule has 0 fully saturated rings. The van der Waals surface area contributed by atoms with Gasteiger partial charge < -0.3 is 0 Å². The lowest BCUT2D eigenvalue weighted by molar-refractivity contribution is -0.387. The maximum absolute atomic E-state index is 13.0. The molecule has 1 rings (SSSR count). The summed E-state index contributed by atoms with van der Waals surface area (Å²) in [7, 11) is 0. The minimum absolute atomic E-state index is 0.468. The first-order chi connectivity index (χ1) is 6.45. The summed E-state index contributed by atoms with van der Waals surface area (Å²) in [5, 5.41) is 9.46. The molecular weight excluding hydrogens is 225 g/mol. The van der Waals surface area contributed by atoms with Crippen LogP contribution >= 0.6 is 11.6 Å². The molecule has 4 nitrogen and oxygen atoms in total. The molecule has 0 aliphatic heterocycles. The monoisotopic (exact) mass is 226 g/mol. The van der Waals surface area contributed by atoms with E-state index in [9.17, 15) is 23.3 Å². The molecule has 14 heavy (non-hydrogen) atoms. The highest BCUT2D eigenvalue weighted by Gasteiger charge is 2.27. The second-order valence-electron chi connectivity index (χ2n) is 2.22. The van der Waals surface area contributed by atoms with Crippen LogP contribution in [0, 0.1) is 15.9 Å². The van der Waals surface area contributed by atoms with Gasteiger partial charge in [0.15, 0.2) is 0 Å². The molecule has 0 spiro atoms. The van der Waals surface area contributed by atoms with Crippen molar-refractivity contribution in [2.45, 2.75) is 6.43 Å². The molecule has 0 aromatic carbocycles. The summed E-state index contributed by atoms with van der Waals surface area (Å²) < 4.78 is 37.1. The molecule has 1 heterocycles. The van der Waals surface area contributed by atoms with Gasteiger partial charge in [-0.25, -0.2) is 13.8 Å². The van der Waals surface area contributed by atoms with Gasteiger partial charge in [-0.1, -0.05) is 11.6 Å². The summed E-state index contributed by atoms with van der Waals surface area (Å²) in [6.07, 6.45) is -2.70. The molecule has 0 saturated carbocycles. The average Bonchev–Trinajstić information content (AvgIpc) is 2.02. The van der Waals surface area contributed by atoms with Crippen LogP contribution in [-0.4, -0.2) is 9.91 Å². The summed E-state index contributed by atoms with van der Waals surface area (Å²) in [6.45, 7) is 0. The molecule has 0 aliphatic carbocycles. The highest BCUT2D eigenvalue weighted by Crippen LogP contribution is 2.31. The van der Waals surface area contributed by atoms with Crippen LogP contribution < -0.4 is 0 Å². The number of hydrogen-bond acceptors (Lipinski definition) is 3. The highest BCUT2D eigenvalue weighted by molar-refractivity contribution is 6.31. The Hall–Kier alpha value is -1.37. The van der Waals surface area contributed by atoms with Gasteiger partial charge in [-0.05, 0) is 0 Å². The maximum Gasteiger partial charge on any atom is 0.342 e. The molecule has 0 bridgehead atoms. The van der Waals surface area contributed by atoms with Crippen molar-refractivity contribution in [2.75, 3.05) is 0 Å². The molecule has 0 saturated heterocycles. The maximum atomic E-state index is 13.0. The van der Waals surface area contributed by atoms with Crippen LogP contribution in [0.15, 0.2) is 6.20 Å². The van der Waals surface area contributed by atoms with E-state index < -0.39 is 33.6 Å². The van der Waals surface area contributed by atoms with Crippen LogP contribution in [0.25, 0.3) is 0 Å². The summed E-state index contributed by atoms with van der Waals surface area (Å²) in [5.74, 6) is -1.65. The van der Waals surface area contributed by atoms with Crippen molar-refractivity contribution in [3.8, 4) is 0 Å². The van der Waals surface area contributed by atoms with E-state index in [0.717, 1.165) is 0 Å². The smallest absolute Gasteiger partial charge is 0.258 e. The number of alkyl halides is 2. The lowest BCUT2D eigenvalue weighted by Crippen LogP contribution is -2.00. The van der Waals surface area contributed by atoms with Gasteiger partial charge in [0.05, 0.1) is 10.5 Å². The topological polar surface area (TPSA) is 56.0 Å². The summed E-state index contributed by atoms with van der Waals surface area (Å²) >= 11 is 5.16. The predicted octanol–water partition coefficient (Wildman–Crippen LogP) is 2.72. The van der Waals surface area contributed by atoms with E-state index in [1.54, 1.807) is 0 Å². The number of aromatic nitrogens is 1. The van der Waals surface area contributed by atoms with Crippen molar-refractivity contribution in [3.63, 3.8) is 0 Å². The third-order valence-corrected chi connectivity index (χ3v) is 1.67. The quantitative estimate of drug-likeness (QED) is 0.443. The Morgan fingerprint density at radius 1 is 1.57 bits per heavy atom. The van der Waals surface area contributed by atoms with Gasteiger partial charge in [0, 0.05) is 6.20 Å². The first-order valence-electron chi connectivity index (χ1n) is 3.21. The van der Waals surface area contributed by atoms with Crippen LogP contribution in [0.2, 0.25) is 5.15 Å². The fourth-order valence-corrected chi connectivity index (χ4v) is 0.980. The van der Waals surface area contributed by atoms with Crippen molar-refractivity contribution in [1.82, 2.24) is 4.98 Å². The van der Waals surface area contributed by atoms with Crippen molar-refractivity contribution in [1.29, 1.82) is 0 Å². The second kappa shape index (κ2) is 3.79. The van der Waals surface area contributed by atoms with E-state index in [4.69, 9.17) is 11.6 Å². The van der Waals surface area contributed by atoms with Gasteiger partial charge in [-0.15, -0.1) is 0 Å². The van der Waals surface area contributed by atoms with E-state index in [-0.39, 0.29) is 0 Å². The van der Waals surface area contributed by atoms with Crippen LogP contribution in [0.4, 0.5) is 18.9 Å². The number of rotatable bonds is 2. The van der Waals surface area contributed by atoms with E-state index >= 15 is 0 Å². The Labute approximate surface area is 80.5 Å². The normalized spacial score (nSPS) is 10.6. The van der Waals surface area contributed by atoms with E-state index in [1.165, 1.54) is 0 Å². The minimum atomic E-state index is -3.17. The zero-order valence-corrected chi connectivity index (χ0v) is 7.13. The zero-order chi connectivity index (χ0) is 10.9. The number of nitro groups is 1. The number of halogens is 4. The Kier molecular flexibility index (Phi) is 2.90. The molecule has 0 N–H and O–H groups in total. The fourth-order valence-electron chi connectivity index (χ4n) is 0.779. The van der Waals surface area contributed by atoms with Crippen molar-refractivity contribution >= 4 is 17.3 Å². The summed E-state index contributed by atoms with van der Waals surface area (Å²) in [6, 6.07) is 0. The first-order valence-corrected chi connectivity index (χ1v) is 3.59. The lowest BCUT2D eigenvalue weighted by atomic mass is 10.2. The molecule has 1 aromatic heterocycles. The Morgan fingerprint density at radius 2 is 2.14 bits per heavy atom. The Morgan fingerprint density at radius 3 is 2.57 bits per heavy atom. The molecule has 0 aliphatic rings. The molecule has 0 atom stereocenters. The third kappa shape index (κ3) is 1.77. The van der Waals surface area contributed by atoms with Gasteiger partial charge >= 0.3 is 5.69 Å². The zero-order valence-electron chi connectivity index (χ0n) is 6.38. The summed E-state index contributed by atoms with van der Waals surface area (Å²) in [5.41, 5.74) is -2.37. The third-order valence-electron chi connectivity index (χ3n) is 1.39. The van der Waals surface area contributed by atoms with Crippen LogP contribution in [0.1, 0.15) is 12.0 Å². The van der Waals surface area contributed by atoms with E-state index in [0.29, 0.717) is 6.20 Å². The average molecular weight is 227 g/mol. The molecule has 0 unspecified atom stereocenters. The van der Waals surface area contributed by atoms with Crippen LogP contribution in [0.5, 0.6) is 0 Å². The molecule has 76 valence electrons. The largest absolute Gasteiger partial charge is 0.342 e. The molecular formula is C6H2ClF3N2O2. The van der Waals surface area contributed by atoms with Crippen LogP contribution in [0.3, 0.4) is 0 Å². The number of pyridine rings is 1. The Bertz CT molecular complexity index is 386.